The highest BCUT2D eigenvalue weighted by Gasteiger charge is 2.30. The summed E-state index contributed by atoms with van der Waals surface area (Å²) in [6.07, 6.45) is 3.38. The minimum atomic E-state index is -4.05. The zero-order valence-corrected chi connectivity index (χ0v) is 21.3. The van der Waals surface area contributed by atoms with E-state index in [2.05, 4.69) is 15.7 Å². The molecule has 1 amide bonds. The maximum atomic E-state index is 13.9. The Hall–Kier alpha value is -3.83. The van der Waals surface area contributed by atoms with Crippen LogP contribution in [0.3, 0.4) is 0 Å². The van der Waals surface area contributed by atoms with Gasteiger partial charge >= 0.3 is 0 Å². The number of rotatable bonds is 12. The second kappa shape index (κ2) is 12.2. The predicted octanol–water partition coefficient (Wildman–Crippen LogP) is 2.54. The summed E-state index contributed by atoms with van der Waals surface area (Å²) in [5.74, 6) is 0.301. The Morgan fingerprint density at radius 3 is 2.53 bits per heavy atom. The lowest BCUT2D eigenvalue weighted by atomic mass is 10.2. The highest BCUT2D eigenvalue weighted by Crippen LogP contribution is 2.38. The summed E-state index contributed by atoms with van der Waals surface area (Å²) in [7, 11) is -2.64. The molecule has 11 heteroatoms. The van der Waals surface area contributed by atoms with E-state index in [0.717, 1.165) is 5.69 Å². The van der Waals surface area contributed by atoms with Gasteiger partial charge in [0.25, 0.3) is 0 Å². The molecule has 0 aliphatic heterocycles. The first-order valence-corrected chi connectivity index (χ1v) is 12.8. The molecule has 0 fully saturated rings. The molecule has 0 atom stereocenters. The van der Waals surface area contributed by atoms with E-state index in [-0.39, 0.29) is 40.2 Å². The molecule has 3 aromatic rings. The number of hydrogen-bond donors (Lipinski definition) is 3. The Labute approximate surface area is 211 Å². The van der Waals surface area contributed by atoms with Gasteiger partial charge in [-0.1, -0.05) is 12.1 Å². The van der Waals surface area contributed by atoms with Gasteiger partial charge in [-0.3, -0.25) is 20.2 Å². The van der Waals surface area contributed by atoms with E-state index in [1.165, 1.54) is 25.1 Å². The van der Waals surface area contributed by atoms with Crippen LogP contribution in [-0.4, -0.2) is 52.7 Å². The van der Waals surface area contributed by atoms with Crippen LogP contribution in [0, 0.1) is 6.92 Å². The van der Waals surface area contributed by atoms with Crippen molar-refractivity contribution in [2.75, 3.05) is 43.7 Å². The molecule has 4 N–H and O–H groups in total. The molecule has 0 spiro atoms. The molecule has 0 aliphatic rings. The van der Waals surface area contributed by atoms with Gasteiger partial charge in [0.05, 0.1) is 19.3 Å². The Morgan fingerprint density at radius 1 is 1.14 bits per heavy atom. The van der Waals surface area contributed by atoms with Crippen LogP contribution in [0.4, 0.5) is 11.4 Å². The number of anilines is 2. The fourth-order valence-electron chi connectivity index (χ4n) is 3.70. The van der Waals surface area contributed by atoms with Gasteiger partial charge in [-0.25, -0.2) is 8.42 Å². The van der Waals surface area contributed by atoms with Crippen LogP contribution in [0.1, 0.15) is 12.5 Å². The predicted molar refractivity (Wildman–Crippen MR) is 138 cm³/mol. The first kappa shape index (κ1) is 26.8. The van der Waals surface area contributed by atoms with Gasteiger partial charge in [0.2, 0.25) is 15.7 Å². The number of carbonyl (C=O) groups is 1. The van der Waals surface area contributed by atoms with E-state index >= 15 is 0 Å². The third-order valence-corrected chi connectivity index (χ3v) is 7.16. The number of para-hydroxylation sites is 1. The number of aromatic nitrogens is 1. The largest absolute Gasteiger partial charge is 0.495 e. The van der Waals surface area contributed by atoms with Crippen LogP contribution < -0.4 is 31.0 Å². The number of nitrogens with two attached hydrogens (primary N) is 1. The first-order chi connectivity index (χ1) is 17.3. The smallest absolute Gasteiger partial charge is 0.235 e. The number of sulfone groups is 1. The second-order valence-corrected chi connectivity index (χ2v) is 9.72. The number of ether oxygens (including phenoxy) is 2. The van der Waals surface area contributed by atoms with Crippen molar-refractivity contribution in [1.82, 2.24) is 10.4 Å². The van der Waals surface area contributed by atoms with Gasteiger partial charge in [0.15, 0.2) is 0 Å². The molecular formula is C25H31N5O5S. The van der Waals surface area contributed by atoms with Crippen LogP contribution >= 0.6 is 0 Å². The average Bonchev–Trinajstić information content (AvgIpc) is 2.86. The van der Waals surface area contributed by atoms with Crippen molar-refractivity contribution in [2.24, 2.45) is 5.73 Å². The number of carbonyl (C=O) groups excluding carboxylic acids is 1. The van der Waals surface area contributed by atoms with E-state index in [4.69, 9.17) is 15.2 Å². The number of nitrogens with zero attached hydrogens (tertiary/aromatic N) is 2. The van der Waals surface area contributed by atoms with Gasteiger partial charge in [-0.05, 0) is 42.8 Å². The topological polar surface area (TPSA) is 136 Å². The van der Waals surface area contributed by atoms with E-state index in [1.807, 2.05) is 12.1 Å². The van der Waals surface area contributed by atoms with Crippen LogP contribution in [0.5, 0.6) is 11.5 Å². The SMILES string of the molecule is COc1ccccc1S(=O)(=O)c1c(C)cc(OCCNc2ccncc2)cc1N(CCN)NC(C)=O. The van der Waals surface area contributed by atoms with Crippen LogP contribution in [0.15, 0.2) is 70.7 Å². The third kappa shape index (κ3) is 6.43. The van der Waals surface area contributed by atoms with E-state index in [9.17, 15) is 13.2 Å². The van der Waals surface area contributed by atoms with Crippen molar-refractivity contribution >= 4 is 27.1 Å². The molecule has 0 saturated heterocycles. The third-order valence-electron chi connectivity index (χ3n) is 5.17. The number of aryl methyl sites for hydroxylation is 1. The average molecular weight is 514 g/mol. The Kier molecular flexibility index (Phi) is 9.09. The minimum absolute atomic E-state index is 0.0163. The number of benzene rings is 2. The van der Waals surface area contributed by atoms with E-state index in [1.54, 1.807) is 49.6 Å². The van der Waals surface area contributed by atoms with Crippen molar-refractivity contribution < 1.29 is 22.7 Å². The zero-order valence-electron chi connectivity index (χ0n) is 20.5. The zero-order chi connectivity index (χ0) is 26.1. The van der Waals surface area contributed by atoms with Crippen molar-refractivity contribution in [3.63, 3.8) is 0 Å². The van der Waals surface area contributed by atoms with Crippen molar-refractivity contribution in [2.45, 2.75) is 23.6 Å². The fraction of sp³-hybridized carbons (Fsp3) is 0.280. The van der Waals surface area contributed by atoms with Crippen molar-refractivity contribution in [1.29, 1.82) is 0 Å². The maximum Gasteiger partial charge on any atom is 0.235 e. The molecule has 0 unspecified atom stereocenters. The number of hydrazine groups is 1. The summed E-state index contributed by atoms with van der Waals surface area (Å²) in [4.78, 5) is 16.0. The van der Waals surface area contributed by atoms with Gasteiger partial charge in [0, 0.05) is 44.2 Å². The number of amides is 1. The van der Waals surface area contributed by atoms with Crippen LogP contribution in [0.25, 0.3) is 0 Å². The molecule has 0 bridgehead atoms. The molecule has 0 radical (unpaired) electrons. The van der Waals surface area contributed by atoms with Crippen molar-refractivity contribution in [3.8, 4) is 11.5 Å². The Bertz CT molecular complexity index is 1290. The Morgan fingerprint density at radius 2 is 1.86 bits per heavy atom. The van der Waals surface area contributed by atoms with Crippen molar-refractivity contribution in [3.05, 3.63) is 66.5 Å². The standard InChI is InChI=1S/C25H31N5O5S/c1-18-16-21(35-15-13-28-20-8-11-27-12-9-20)17-22(30(14-10-26)29-19(2)31)25(18)36(32,33)24-7-5-4-6-23(24)34-3/h4-9,11-12,16-17H,10,13-15,26H2,1-3H3,(H,27,28)(H,29,31). The number of methoxy groups -OCH3 is 1. The summed E-state index contributed by atoms with van der Waals surface area (Å²) in [6.45, 7) is 4.21. The molecule has 1 heterocycles. The molecule has 2 aromatic carbocycles. The van der Waals surface area contributed by atoms with Gasteiger partial charge in [0.1, 0.15) is 27.9 Å². The van der Waals surface area contributed by atoms with Gasteiger partial charge in [-0.2, -0.15) is 0 Å². The molecule has 0 saturated carbocycles. The highest BCUT2D eigenvalue weighted by atomic mass is 32.2. The fourth-order valence-corrected chi connectivity index (χ4v) is 5.52. The first-order valence-electron chi connectivity index (χ1n) is 11.3. The number of nitrogens with one attached hydrogen (secondary N) is 2. The summed E-state index contributed by atoms with van der Waals surface area (Å²) < 4.78 is 39.0. The minimum Gasteiger partial charge on any atom is -0.495 e. The highest BCUT2D eigenvalue weighted by molar-refractivity contribution is 7.91. The summed E-state index contributed by atoms with van der Waals surface area (Å²) >= 11 is 0. The quantitative estimate of drug-likeness (QED) is 0.246. The lowest BCUT2D eigenvalue weighted by molar-refractivity contribution is -0.119. The summed E-state index contributed by atoms with van der Waals surface area (Å²) in [6, 6.07) is 13.3. The van der Waals surface area contributed by atoms with E-state index in [0.29, 0.717) is 24.5 Å². The molecule has 0 aliphatic carbocycles. The second-order valence-electron chi connectivity index (χ2n) is 7.86. The monoisotopic (exact) mass is 513 g/mol. The number of pyridine rings is 1. The number of hydrogen-bond acceptors (Lipinski definition) is 9. The molecule has 3 rings (SSSR count). The maximum absolute atomic E-state index is 13.9. The van der Waals surface area contributed by atoms with Gasteiger partial charge in [-0.15, -0.1) is 0 Å². The Balaban J connectivity index is 2.01. The lowest BCUT2D eigenvalue weighted by Crippen LogP contribution is -2.44. The van der Waals surface area contributed by atoms with Crippen LogP contribution in [0.2, 0.25) is 0 Å². The summed E-state index contributed by atoms with van der Waals surface area (Å²) in [5, 5.41) is 4.65. The molecule has 36 heavy (non-hydrogen) atoms. The molecule has 1 aromatic heterocycles. The summed E-state index contributed by atoms with van der Waals surface area (Å²) in [5.41, 5.74) is 10.1. The van der Waals surface area contributed by atoms with E-state index < -0.39 is 9.84 Å². The molecular weight excluding hydrogens is 482 g/mol. The molecule has 10 nitrogen and oxygen atoms in total. The van der Waals surface area contributed by atoms with Crippen LogP contribution in [-0.2, 0) is 14.6 Å². The molecule has 192 valence electrons. The van der Waals surface area contributed by atoms with Gasteiger partial charge < -0.3 is 20.5 Å². The lowest BCUT2D eigenvalue weighted by Gasteiger charge is -2.28. The normalized spacial score (nSPS) is 11.0.